The van der Waals surface area contributed by atoms with Gasteiger partial charge in [-0.3, -0.25) is 4.79 Å². The third-order valence-electron chi connectivity index (χ3n) is 5.44. The Bertz CT molecular complexity index is 496. The van der Waals surface area contributed by atoms with E-state index in [0.717, 1.165) is 23.8 Å². The van der Waals surface area contributed by atoms with Gasteiger partial charge in [0, 0.05) is 11.6 Å². The minimum Gasteiger partial charge on any atom is -0.349 e. The lowest BCUT2D eigenvalue weighted by molar-refractivity contribution is 0.0915. The molecule has 2 aliphatic rings. The molecule has 2 fully saturated rings. The van der Waals surface area contributed by atoms with E-state index in [1.165, 1.54) is 31.2 Å². The van der Waals surface area contributed by atoms with E-state index in [-0.39, 0.29) is 11.9 Å². The number of amides is 1. The van der Waals surface area contributed by atoms with Crippen molar-refractivity contribution >= 4 is 5.91 Å². The average molecular weight is 286 g/mol. The molecule has 3 nitrogen and oxygen atoms in total. The molecule has 2 bridgehead atoms. The first-order valence-corrected chi connectivity index (χ1v) is 8.27. The molecule has 0 radical (unpaired) electrons. The average Bonchev–Trinajstić information content (AvgIpc) is 3.11. The number of carbonyl (C=O) groups is 1. The summed E-state index contributed by atoms with van der Waals surface area (Å²) in [5, 5.41) is 3.21. The van der Waals surface area contributed by atoms with E-state index in [2.05, 4.69) is 12.2 Å². The second kappa shape index (κ2) is 6.18. The van der Waals surface area contributed by atoms with Crippen LogP contribution in [0.15, 0.2) is 24.3 Å². The van der Waals surface area contributed by atoms with Crippen LogP contribution >= 0.6 is 0 Å². The van der Waals surface area contributed by atoms with E-state index in [4.69, 9.17) is 5.73 Å². The highest BCUT2D eigenvalue weighted by molar-refractivity contribution is 5.94. The number of benzene rings is 1. The highest BCUT2D eigenvalue weighted by atomic mass is 16.1. The van der Waals surface area contributed by atoms with Crippen LogP contribution in [0.1, 0.15) is 48.5 Å². The number of rotatable bonds is 5. The van der Waals surface area contributed by atoms with E-state index in [0.29, 0.717) is 12.5 Å². The van der Waals surface area contributed by atoms with Gasteiger partial charge < -0.3 is 11.1 Å². The Labute approximate surface area is 127 Å². The third kappa shape index (κ3) is 3.13. The summed E-state index contributed by atoms with van der Waals surface area (Å²) in [6.45, 7) is 2.82. The van der Waals surface area contributed by atoms with Crippen LogP contribution in [0.3, 0.4) is 0 Å². The van der Waals surface area contributed by atoms with Gasteiger partial charge in [0.15, 0.2) is 0 Å². The molecule has 0 spiro atoms. The number of carbonyl (C=O) groups excluding carboxylic acids is 1. The van der Waals surface area contributed by atoms with Gasteiger partial charge in [-0.2, -0.15) is 0 Å². The van der Waals surface area contributed by atoms with Crippen molar-refractivity contribution in [1.29, 1.82) is 0 Å². The van der Waals surface area contributed by atoms with Crippen molar-refractivity contribution in [2.45, 2.75) is 45.1 Å². The zero-order chi connectivity index (χ0) is 14.8. The maximum atomic E-state index is 12.4. The maximum Gasteiger partial charge on any atom is 0.251 e. The van der Waals surface area contributed by atoms with Gasteiger partial charge in [0.2, 0.25) is 0 Å². The fraction of sp³-hybridized carbons (Fsp3) is 0.611. The van der Waals surface area contributed by atoms with Crippen LogP contribution in [-0.4, -0.2) is 18.5 Å². The quantitative estimate of drug-likeness (QED) is 0.874. The largest absolute Gasteiger partial charge is 0.349 e. The first-order valence-electron chi connectivity index (χ1n) is 8.27. The summed E-state index contributed by atoms with van der Waals surface area (Å²) >= 11 is 0. The minimum absolute atomic E-state index is 0.0598. The molecule has 4 atom stereocenters. The fourth-order valence-corrected chi connectivity index (χ4v) is 4.29. The predicted octanol–water partition coefficient (Wildman–Crippen LogP) is 2.74. The second-order valence-corrected chi connectivity index (χ2v) is 6.84. The van der Waals surface area contributed by atoms with Gasteiger partial charge in [0.1, 0.15) is 0 Å². The second-order valence-electron chi connectivity index (χ2n) is 6.84. The first-order chi connectivity index (χ1) is 10.2. The van der Waals surface area contributed by atoms with E-state index in [9.17, 15) is 4.79 Å². The van der Waals surface area contributed by atoms with Crippen molar-refractivity contribution in [3.63, 3.8) is 0 Å². The van der Waals surface area contributed by atoms with Gasteiger partial charge in [-0.1, -0.05) is 18.6 Å². The Morgan fingerprint density at radius 1 is 1.29 bits per heavy atom. The van der Waals surface area contributed by atoms with Gasteiger partial charge in [0.25, 0.3) is 5.91 Å². The fourth-order valence-electron chi connectivity index (χ4n) is 4.29. The molecule has 0 saturated heterocycles. The molecule has 0 aromatic heterocycles. The van der Waals surface area contributed by atoms with Crippen LogP contribution < -0.4 is 11.1 Å². The summed E-state index contributed by atoms with van der Waals surface area (Å²) < 4.78 is 0. The Balaban J connectivity index is 1.58. The molecule has 1 aromatic carbocycles. The van der Waals surface area contributed by atoms with Crippen LogP contribution in [-0.2, 0) is 6.42 Å². The summed E-state index contributed by atoms with van der Waals surface area (Å²) in [4.78, 5) is 12.4. The Kier molecular flexibility index (Phi) is 4.29. The van der Waals surface area contributed by atoms with Crippen molar-refractivity contribution in [3.8, 4) is 0 Å². The molecule has 0 heterocycles. The Morgan fingerprint density at radius 2 is 2.05 bits per heavy atom. The number of fused-ring (bicyclic) bond motifs is 2. The first kappa shape index (κ1) is 14.6. The van der Waals surface area contributed by atoms with Crippen LogP contribution in [0.5, 0.6) is 0 Å². The Morgan fingerprint density at radius 3 is 2.62 bits per heavy atom. The van der Waals surface area contributed by atoms with E-state index >= 15 is 0 Å². The molecule has 1 amide bonds. The van der Waals surface area contributed by atoms with Gasteiger partial charge in [-0.25, -0.2) is 0 Å². The third-order valence-corrected chi connectivity index (χ3v) is 5.44. The van der Waals surface area contributed by atoms with Crippen LogP contribution in [0.4, 0.5) is 0 Å². The van der Waals surface area contributed by atoms with Gasteiger partial charge >= 0.3 is 0 Å². The van der Waals surface area contributed by atoms with Gasteiger partial charge in [0.05, 0.1) is 0 Å². The molecule has 3 heteroatoms. The zero-order valence-electron chi connectivity index (χ0n) is 12.8. The molecule has 2 aliphatic carbocycles. The zero-order valence-corrected chi connectivity index (χ0v) is 12.8. The monoisotopic (exact) mass is 286 g/mol. The van der Waals surface area contributed by atoms with Gasteiger partial charge in [-0.15, -0.1) is 0 Å². The SMILES string of the molecule is CC(NC(=O)c1ccc(CCN)cc1)C1CC2CCC1C2. The standard InChI is InChI=1S/C18H26N2O/c1-12(17-11-14-4-7-16(17)10-14)20-18(21)15-5-2-13(3-6-15)8-9-19/h2-3,5-6,12,14,16-17H,4,7-11,19H2,1H3,(H,20,21). The van der Waals surface area contributed by atoms with Crippen LogP contribution in [0.2, 0.25) is 0 Å². The molecular formula is C18H26N2O. The molecule has 1 aromatic rings. The van der Waals surface area contributed by atoms with Crippen molar-refractivity contribution in [2.24, 2.45) is 23.5 Å². The number of nitrogens with one attached hydrogen (secondary N) is 1. The van der Waals surface area contributed by atoms with Crippen molar-refractivity contribution in [1.82, 2.24) is 5.32 Å². The highest BCUT2D eigenvalue weighted by Crippen LogP contribution is 2.49. The lowest BCUT2D eigenvalue weighted by Gasteiger charge is -2.28. The molecular weight excluding hydrogens is 260 g/mol. The number of nitrogens with two attached hydrogens (primary N) is 1. The van der Waals surface area contributed by atoms with E-state index < -0.39 is 0 Å². The molecule has 3 N–H and O–H groups in total. The molecule has 3 rings (SSSR count). The molecule has 0 aliphatic heterocycles. The summed E-state index contributed by atoms with van der Waals surface area (Å²) in [5.41, 5.74) is 7.49. The van der Waals surface area contributed by atoms with Gasteiger partial charge in [-0.05, 0) is 74.6 Å². The maximum absolute atomic E-state index is 12.4. The molecule has 2 saturated carbocycles. The van der Waals surface area contributed by atoms with Crippen molar-refractivity contribution < 1.29 is 4.79 Å². The van der Waals surface area contributed by atoms with E-state index in [1.54, 1.807) is 0 Å². The van der Waals surface area contributed by atoms with E-state index in [1.807, 2.05) is 24.3 Å². The topological polar surface area (TPSA) is 55.1 Å². The number of hydrogen-bond donors (Lipinski definition) is 2. The summed E-state index contributed by atoms with van der Waals surface area (Å²) in [6.07, 6.45) is 6.33. The lowest BCUT2D eigenvalue weighted by Crippen LogP contribution is -2.40. The highest BCUT2D eigenvalue weighted by Gasteiger charge is 2.42. The number of hydrogen-bond acceptors (Lipinski definition) is 2. The summed E-state index contributed by atoms with van der Waals surface area (Å²) in [6, 6.07) is 8.12. The lowest BCUT2D eigenvalue weighted by atomic mass is 9.84. The molecule has 114 valence electrons. The summed E-state index contributed by atoms with van der Waals surface area (Å²) in [7, 11) is 0. The normalized spacial score (nSPS) is 28.6. The van der Waals surface area contributed by atoms with Crippen molar-refractivity contribution in [3.05, 3.63) is 35.4 Å². The molecule has 21 heavy (non-hydrogen) atoms. The van der Waals surface area contributed by atoms with Crippen molar-refractivity contribution in [2.75, 3.05) is 6.54 Å². The Hall–Kier alpha value is -1.35. The predicted molar refractivity (Wildman–Crippen MR) is 85.1 cm³/mol. The van der Waals surface area contributed by atoms with Crippen LogP contribution in [0, 0.1) is 17.8 Å². The minimum atomic E-state index is 0.0598. The smallest absolute Gasteiger partial charge is 0.251 e. The molecule has 4 unspecified atom stereocenters. The van der Waals surface area contributed by atoms with Crippen LogP contribution in [0.25, 0.3) is 0 Å². The summed E-state index contributed by atoms with van der Waals surface area (Å²) in [5.74, 6) is 2.51.